The predicted molar refractivity (Wildman–Crippen MR) is 133 cm³/mol. The van der Waals surface area contributed by atoms with E-state index in [4.69, 9.17) is 21.1 Å². The van der Waals surface area contributed by atoms with Gasteiger partial charge in [0, 0.05) is 24.1 Å². The molecule has 0 N–H and O–H groups in total. The Hall–Kier alpha value is -3.64. The molecular weight excluding hydrogens is 535 g/mol. The minimum absolute atomic E-state index is 0.0706. The van der Waals surface area contributed by atoms with Crippen molar-refractivity contribution in [2.75, 3.05) is 19.1 Å². The molecule has 2 aromatic carbocycles. The van der Waals surface area contributed by atoms with Crippen LogP contribution in [0.1, 0.15) is 11.3 Å². The van der Waals surface area contributed by atoms with Crippen molar-refractivity contribution < 1.29 is 27.4 Å². The third-order valence-corrected chi connectivity index (χ3v) is 6.46. The summed E-state index contributed by atoms with van der Waals surface area (Å²) in [5.74, 6) is -0.0204. The number of esters is 1. The van der Waals surface area contributed by atoms with Gasteiger partial charge in [-0.05, 0) is 54.4 Å². The number of carbonyl (C=O) groups excluding carboxylic acids is 1. The molecular formula is C24H19ClF3N3O5S. The van der Waals surface area contributed by atoms with Crippen LogP contribution in [0.5, 0.6) is 5.75 Å². The zero-order valence-corrected chi connectivity index (χ0v) is 21.0. The van der Waals surface area contributed by atoms with Crippen LogP contribution in [0.25, 0.3) is 27.0 Å². The molecule has 0 unspecified atom stereocenters. The Kier molecular flexibility index (Phi) is 7.42. The standard InChI is InChI=1S/C24H19ClF3N3O5S/c1-13-3-5-15(36-12-21(33)35-8-7-25)10-16(13)22-17-9-14(4-6-18(17)37-29-22)31-20(32)11-19(24(26,27)28)30(2)23(31)34/h3-6,9-11H,7-8,12H2,1-2H3. The van der Waals surface area contributed by atoms with Crippen LogP contribution in [0.4, 0.5) is 13.2 Å². The summed E-state index contributed by atoms with van der Waals surface area (Å²) < 4.78 is 56.4. The first kappa shape index (κ1) is 26.4. The quantitative estimate of drug-likeness (QED) is 0.250. The van der Waals surface area contributed by atoms with Crippen LogP contribution in [0.3, 0.4) is 0 Å². The molecule has 4 rings (SSSR count). The molecule has 37 heavy (non-hydrogen) atoms. The molecule has 0 aliphatic carbocycles. The van der Waals surface area contributed by atoms with Crippen molar-refractivity contribution >= 4 is 39.2 Å². The van der Waals surface area contributed by atoms with E-state index >= 15 is 0 Å². The Balaban J connectivity index is 1.76. The maximum absolute atomic E-state index is 13.2. The number of hydrogen-bond donors (Lipinski definition) is 0. The minimum Gasteiger partial charge on any atom is -0.482 e. The Bertz CT molecular complexity index is 1610. The molecule has 0 fully saturated rings. The van der Waals surface area contributed by atoms with Gasteiger partial charge in [-0.3, -0.25) is 9.36 Å². The molecule has 0 atom stereocenters. The van der Waals surface area contributed by atoms with Gasteiger partial charge < -0.3 is 9.47 Å². The summed E-state index contributed by atoms with van der Waals surface area (Å²) >= 11 is 6.67. The van der Waals surface area contributed by atoms with Crippen LogP contribution in [0, 0.1) is 6.92 Å². The predicted octanol–water partition coefficient (Wildman–Crippen LogP) is 4.30. The first-order chi connectivity index (χ1) is 17.5. The average molecular weight is 554 g/mol. The zero-order chi connectivity index (χ0) is 26.9. The first-order valence-electron chi connectivity index (χ1n) is 10.8. The molecule has 4 aromatic rings. The van der Waals surface area contributed by atoms with Gasteiger partial charge in [0.2, 0.25) is 0 Å². The van der Waals surface area contributed by atoms with Gasteiger partial charge in [-0.1, -0.05) is 6.07 Å². The minimum atomic E-state index is -4.86. The number of ether oxygens (including phenoxy) is 2. The van der Waals surface area contributed by atoms with Crippen molar-refractivity contribution in [3.8, 4) is 22.7 Å². The van der Waals surface area contributed by atoms with Crippen LogP contribution in [-0.4, -0.2) is 38.6 Å². The smallest absolute Gasteiger partial charge is 0.431 e. The molecule has 2 heterocycles. The van der Waals surface area contributed by atoms with Gasteiger partial charge in [-0.2, -0.15) is 17.5 Å². The fourth-order valence-electron chi connectivity index (χ4n) is 3.68. The highest BCUT2D eigenvalue weighted by atomic mass is 35.5. The number of halogens is 4. The monoisotopic (exact) mass is 553 g/mol. The van der Waals surface area contributed by atoms with Crippen molar-refractivity contribution in [1.82, 2.24) is 13.5 Å². The summed E-state index contributed by atoms with van der Waals surface area (Å²) in [6.07, 6.45) is -4.86. The van der Waals surface area contributed by atoms with Gasteiger partial charge >= 0.3 is 17.8 Å². The van der Waals surface area contributed by atoms with Crippen LogP contribution in [0.2, 0.25) is 0 Å². The van der Waals surface area contributed by atoms with Crippen LogP contribution in [0.15, 0.2) is 52.1 Å². The third-order valence-electron chi connectivity index (χ3n) is 5.48. The van der Waals surface area contributed by atoms with E-state index in [2.05, 4.69) is 4.37 Å². The van der Waals surface area contributed by atoms with E-state index in [1.807, 2.05) is 6.92 Å². The van der Waals surface area contributed by atoms with Gasteiger partial charge in [-0.25, -0.2) is 14.2 Å². The summed E-state index contributed by atoms with van der Waals surface area (Å²) in [4.78, 5) is 37.0. The number of rotatable bonds is 7. The SMILES string of the molecule is Cc1ccc(OCC(=O)OCCCl)cc1-c1nsc2ccc(-n3c(=O)cc(C(F)(F)F)n(C)c3=O)cc12. The molecule has 0 saturated carbocycles. The van der Waals surface area contributed by atoms with E-state index in [-0.39, 0.29) is 24.8 Å². The van der Waals surface area contributed by atoms with Crippen molar-refractivity contribution in [3.05, 3.63) is 74.6 Å². The van der Waals surface area contributed by atoms with Gasteiger partial charge in [-0.15, -0.1) is 11.6 Å². The second kappa shape index (κ2) is 10.4. The lowest BCUT2D eigenvalue weighted by molar-refractivity contribution is -0.145. The Morgan fingerprint density at radius 2 is 1.89 bits per heavy atom. The molecule has 0 radical (unpaired) electrons. The molecule has 0 spiro atoms. The second-order valence-corrected chi connectivity index (χ2v) is 9.11. The highest BCUT2D eigenvalue weighted by molar-refractivity contribution is 7.13. The molecule has 0 amide bonds. The highest BCUT2D eigenvalue weighted by Gasteiger charge is 2.35. The largest absolute Gasteiger partial charge is 0.482 e. The van der Waals surface area contributed by atoms with E-state index < -0.39 is 29.1 Å². The Morgan fingerprint density at radius 1 is 1.14 bits per heavy atom. The number of aryl methyl sites for hydroxylation is 1. The lowest BCUT2D eigenvalue weighted by atomic mass is 10.0. The van der Waals surface area contributed by atoms with E-state index in [1.165, 1.54) is 23.7 Å². The van der Waals surface area contributed by atoms with Crippen molar-refractivity contribution in [3.63, 3.8) is 0 Å². The normalized spacial score (nSPS) is 11.6. The van der Waals surface area contributed by atoms with Crippen LogP contribution >= 0.6 is 23.1 Å². The van der Waals surface area contributed by atoms with Gasteiger partial charge in [0.15, 0.2) is 6.61 Å². The van der Waals surface area contributed by atoms with Crippen molar-refractivity contribution in [2.45, 2.75) is 13.1 Å². The molecule has 0 aliphatic rings. The summed E-state index contributed by atoms with van der Waals surface area (Å²) in [6, 6.07) is 10.2. The fraction of sp³-hybridized carbons (Fsp3) is 0.250. The fourth-order valence-corrected chi connectivity index (χ4v) is 4.52. The topological polar surface area (TPSA) is 92.4 Å². The Morgan fingerprint density at radius 3 is 2.59 bits per heavy atom. The molecule has 0 saturated heterocycles. The molecule has 194 valence electrons. The number of alkyl halides is 4. The van der Waals surface area contributed by atoms with Gasteiger partial charge in [0.05, 0.1) is 22.0 Å². The average Bonchev–Trinajstić information content (AvgIpc) is 3.27. The lowest BCUT2D eigenvalue weighted by Crippen LogP contribution is -2.40. The van der Waals surface area contributed by atoms with E-state index in [0.717, 1.165) is 17.3 Å². The van der Waals surface area contributed by atoms with Crippen molar-refractivity contribution in [2.24, 2.45) is 7.05 Å². The Labute approximate surface area is 216 Å². The van der Waals surface area contributed by atoms with Crippen LogP contribution in [-0.2, 0) is 22.8 Å². The van der Waals surface area contributed by atoms with E-state index in [9.17, 15) is 27.6 Å². The van der Waals surface area contributed by atoms with E-state index in [0.29, 0.717) is 37.6 Å². The number of fused-ring (bicyclic) bond motifs is 1. The maximum Gasteiger partial charge on any atom is 0.431 e. The molecule has 0 bridgehead atoms. The summed E-state index contributed by atoms with van der Waals surface area (Å²) in [5.41, 5.74) is -1.45. The number of aromatic nitrogens is 3. The maximum atomic E-state index is 13.2. The molecule has 8 nitrogen and oxygen atoms in total. The van der Waals surface area contributed by atoms with Crippen LogP contribution < -0.4 is 16.0 Å². The molecule has 0 aliphatic heterocycles. The number of benzene rings is 2. The van der Waals surface area contributed by atoms with Gasteiger partial charge in [0.25, 0.3) is 5.56 Å². The highest BCUT2D eigenvalue weighted by Crippen LogP contribution is 2.35. The third kappa shape index (κ3) is 5.39. The lowest BCUT2D eigenvalue weighted by Gasteiger charge is -2.14. The zero-order valence-electron chi connectivity index (χ0n) is 19.5. The summed E-state index contributed by atoms with van der Waals surface area (Å²) in [5, 5.41) is 0.582. The summed E-state index contributed by atoms with van der Waals surface area (Å²) in [7, 11) is 0.956. The van der Waals surface area contributed by atoms with Gasteiger partial charge in [0.1, 0.15) is 18.1 Å². The number of hydrogen-bond acceptors (Lipinski definition) is 7. The molecule has 2 aromatic heterocycles. The van der Waals surface area contributed by atoms with Crippen molar-refractivity contribution in [1.29, 1.82) is 0 Å². The first-order valence-corrected chi connectivity index (χ1v) is 12.1. The van der Waals surface area contributed by atoms with E-state index in [1.54, 1.807) is 24.3 Å². The molecule has 13 heteroatoms. The summed E-state index contributed by atoms with van der Waals surface area (Å²) in [6.45, 7) is 1.60. The number of nitrogens with zero attached hydrogens (tertiary/aromatic N) is 3. The second-order valence-electron chi connectivity index (χ2n) is 7.93. The number of carbonyl (C=O) groups is 1.